The third kappa shape index (κ3) is 3.85. The van der Waals surface area contributed by atoms with Gasteiger partial charge in [0.2, 0.25) is 5.91 Å². The van der Waals surface area contributed by atoms with E-state index in [2.05, 4.69) is 15.9 Å². The molecule has 1 heterocycles. The molecule has 0 bridgehead atoms. The SMILES string of the molecule is CC(=O)N1C(=O)/C(=C/c2ccccc2Br)N(C)C(=O)C1Cc1ccccc1. The number of carbonyl (C=O) groups is 3. The number of benzene rings is 2. The highest BCUT2D eigenvalue weighted by Gasteiger charge is 2.43. The van der Waals surface area contributed by atoms with Gasteiger partial charge in [-0.2, -0.15) is 0 Å². The Morgan fingerprint density at radius 1 is 1.07 bits per heavy atom. The van der Waals surface area contributed by atoms with E-state index in [0.717, 1.165) is 20.5 Å². The van der Waals surface area contributed by atoms with Crippen molar-refractivity contribution in [3.63, 3.8) is 0 Å². The predicted molar refractivity (Wildman–Crippen MR) is 106 cm³/mol. The first-order chi connectivity index (χ1) is 12.9. The van der Waals surface area contributed by atoms with Crippen LogP contribution in [-0.2, 0) is 20.8 Å². The number of piperazine rings is 1. The van der Waals surface area contributed by atoms with Crippen LogP contribution in [0.2, 0.25) is 0 Å². The third-order valence-electron chi connectivity index (χ3n) is 4.54. The lowest BCUT2D eigenvalue weighted by Crippen LogP contribution is -2.59. The number of imide groups is 1. The monoisotopic (exact) mass is 426 g/mol. The zero-order chi connectivity index (χ0) is 19.6. The fraction of sp³-hybridized carbons (Fsp3) is 0.190. The van der Waals surface area contributed by atoms with E-state index in [4.69, 9.17) is 0 Å². The van der Waals surface area contributed by atoms with Gasteiger partial charge in [0.25, 0.3) is 11.8 Å². The minimum absolute atomic E-state index is 0.173. The van der Waals surface area contributed by atoms with Crippen LogP contribution in [0.1, 0.15) is 18.1 Å². The lowest BCUT2D eigenvalue weighted by Gasteiger charge is -2.38. The van der Waals surface area contributed by atoms with Crippen molar-refractivity contribution in [1.82, 2.24) is 9.80 Å². The molecule has 3 rings (SSSR count). The van der Waals surface area contributed by atoms with Gasteiger partial charge >= 0.3 is 0 Å². The number of nitrogens with zero attached hydrogens (tertiary/aromatic N) is 2. The molecular formula is C21H19BrN2O3. The normalized spacial score (nSPS) is 18.9. The Hall–Kier alpha value is -2.73. The van der Waals surface area contributed by atoms with Crippen molar-refractivity contribution in [2.24, 2.45) is 0 Å². The maximum atomic E-state index is 13.1. The quantitative estimate of drug-likeness (QED) is 0.707. The van der Waals surface area contributed by atoms with E-state index in [9.17, 15) is 14.4 Å². The number of hydrogen-bond acceptors (Lipinski definition) is 3. The van der Waals surface area contributed by atoms with Gasteiger partial charge < -0.3 is 4.90 Å². The first kappa shape index (κ1) is 19.0. The van der Waals surface area contributed by atoms with Crippen molar-refractivity contribution in [2.75, 3.05) is 7.05 Å². The van der Waals surface area contributed by atoms with Crippen molar-refractivity contribution in [2.45, 2.75) is 19.4 Å². The minimum Gasteiger partial charge on any atom is -0.309 e. The average molecular weight is 427 g/mol. The van der Waals surface area contributed by atoms with Crippen molar-refractivity contribution < 1.29 is 14.4 Å². The molecule has 27 heavy (non-hydrogen) atoms. The van der Waals surface area contributed by atoms with Crippen LogP contribution in [0.25, 0.3) is 6.08 Å². The molecule has 5 nitrogen and oxygen atoms in total. The van der Waals surface area contributed by atoms with Crippen LogP contribution in [-0.4, -0.2) is 40.6 Å². The summed E-state index contributed by atoms with van der Waals surface area (Å²) < 4.78 is 0.798. The molecule has 0 saturated carbocycles. The first-order valence-corrected chi connectivity index (χ1v) is 9.31. The fourth-order valence-electron chi connectivity index (χ4n) is 3.14. The number of hydrogen-bond donors (Lipinski definition) is 0. The molecule has 2 aromatic carbocycles. The second-order valence-electron chi connectivity index (χ2n) is 6.35. The molecule has 1 atom stereocenters. The number of amides is 3. The Kier molecular flexibility index (Phi) is 5.56. The van der Waals surface area contributed by atoms with Gasteiger partial charge in [-0.05, 0) is 23.3 Å². The lowest BCUT2D eigenvalue weighted by atomic mass is 9.99. The number of likely N-dealkylation sites (N-methyl/N-ethyl adjacent to an activating group) is 1. The molecular weight excluding hydrogens is 408 g/mol. The molecule has 1 saturated heterocycles. The summed E-state index contributed by atoms with van der Waals surface area (Å²) in [6, 6.07) is 15.9. The molecule has 138 valence electrons. The molecule has 6 heteroatoms. The average Bonchev–Trinajstić information content (AvgIpc) is 2.65. The minimum atomic E-state index is -0.848. The van der Waals surface area contributed by atoms with Crippen LogP contribution in [0.5, 0.6) is 0 Å². The van der Waals surface area contributed by atoms with Crippen molar-refractivity contribution in [3.05, 3.63) is 75.9 Å². The van der Waals surface area contributed by atoms with Crippen molar-refractivity contribution >= 4 is 39.7 Å². The Bertz CT molecular complexity index is 924. The maximum Gasteiger partial charge on any atom is 0.277 e. The van der Waals surface area contributed by atoms with E-state index in [0.29, 0.717) is 0 Å². The molecule has 0 N–H and O–H groups in total. The van der Waals surface area contributed by atoms with E-state index in [-0.39, 0.29) is 18.0 Å². The van der Waals surface area contributed by atoms with E-state index in [1.54, 1.807) is 13.1 Å². The largest absolute Gasteiger partial charge is 0.309 e. The summed E-state index contributed by atoms with van der Waals surface area (Å²) in [6.45, 7) is 1.31. The van der Waals surface area contributed by atoms with E-state index >= 15 is 0 Å². The fourth-order valence-corrected chi connectivity index (χ4v) is 3.54. The van der Waals surface area contributed by atoms with E-state index in [1.807, 2.05) is 54.6 Å². The van der Waals surface area contributed by atoms with Crippen molar-refractivity contribution in [1.29, 1.82) is 0 Å². The van der Waals surface area contributed by atoms with Crippen LogP contribution in [0.15, 0.2) is 64.8 Å². The summed E-state index contributed by atoms with van der Waals surface area (Å²) in [6.07, 6.45) is 1.91. The van der Waals surface area contributed by atoms with Gasteiger partial charge in [-0.3, -0.25) is 19.3 Å². The molecule has 1 aliphatic heterocycles. The lowest BCUT2D eigenvalue weighted by molar-refractivity contribution is -0.157. The molecule has 1 unspecified atom stereocenters. The highest BCUT2D eigenvalue weighted by atomic mass is 79.9. The highest BCUT2D eigenvalue weighted by Crippen LogP contribution is 2.26. The molecule has 1 fully saturated rings. The molecule has 0 aromatic heterocycles. The van der Waals surface area contributed by atoms with Gasteiger partial charge in [-0.25, -0.2) is 0 Å². The number of rotatable bonds is 3. The third-order valence-corrected chi connectivity index (χ3v) is 5.26. The molecule has 0 radical (unpaired) electrons. The molecule has 3 amide bonds. The second-order valence-corrected chi connectivity index (χ2v) is 7.20. The summed E-state index contributed by atoms with van der Waals surface area (Å²) >= 11 is 3.44. The number of halogens is 1. The summed E-state index contributed by atoms with van der Waals surface area (Å²) in [5, 5.41) is 0. The summed E-state index contributed by atoms with van der Waals surface area (Å²) in [7, 11) is 1.57. The molecule has 0 spiro atoms. The second kappa shape index (κ2) is 7.88. The van der Waals surface area contributed by atoms with Gasteiger partial charge in [0.15, 0.2) is 0 Å². The zero-order valence-corrected chi connectivity index (χ0v) is 16.6. The van der Waals surface area contributed by atoms with Crippen LogP contribution >= 0.6 is 15.9 Å². The van der Waals surface area contributed by atoms with Gasteiger partial charge in [-0.15, -0.1) is 0 Å². The van der Waals surface area contributed by atoms with Crippen LogP contribution in [0.3, 0.4) is 0 Å². The van der Waals surface area contributed by atoms with Gasteiger partial charge in [0.1, 0.15) is 11.7 Å². The maximum absolute atomic E-state index is 13.1. The number of carbonyl (C=O) groups excluding carboxylic acids is 3. The topological polar surface area (TPSA) is 57.7 Å². The van der Waals surface area contributed by atoms with Gasteiger partial charge in [-0.1, -0.05) is 64.5 Å². The standard InChI is InChI=1S/C21H19BrN2O3/c1-14(25)24-19(12-15-8-4-3-5-9-15)20(26)23(2)18(21(24)27)13-16-10-6-7-11-17(16)22/h3-11,13,19H,12H2,1-2H3/b18-13-. The van der Waals surface area contributed by atoms with Crippen LogP contribution in [0, 0.1) is 0 Å². The predicted octanol–water partition coefficient (Wildman–Crippen LogP) is 3.25. The van der Waals surface area contributed by atoms with E-state index in [1.165, 1.54) is 11.8 Å². The Balaban J connectivity index is 2.00. The van der Waals surface area contributed by atoms with Crippen molar-refractivity contribution in [3.8, 4) is 0 Å². The Morgan fingerprint density at radius 3 is 2.33 bits per heavy atom. The van der Waals surface area contributed by atoms with Gasteiger partial charge in [0, 0.05) is 24.9 Å². The van der Waals surface area contributed by atoms with Crippen LogP contribution < -0.4 is 0 Å². The smallest absolute Gasteiger partial charge is 0.277 e. The Labute approximate surface area is 166 Å². The summed E-state index contributed by atoms with van der Waals surface area (Å²) in [5.41, 5.74) is 1.82. The van der Waals surface area contributed by atoms with Crippen LogP contribution in [0.4, 0.5) is 0 Å². The molecule has 2 aromatic rings. The van der Waals surface area contributed by atoms with E-state index < -0.39 is 17.9 Å². The Morgan fingerprint density at radius 2 is 1.70 bits per heavy atom. The summed E-state index contributed by atoms with van der Waals surface area (Å²) in [4.78, 5) is 40.7. The summed E-state index contributed by atoms with van der Waals surface area (Å²) in [5.74, 6) is -1.20. The zero-order valence-electron chi connectivity index (χ0n) is 15.1. The van der Waals surface area contributed by atoms with Gasteiger partial charge in [0.05, 0.1) is 0 Å². The molecule has 0 aliphatic carbocycles. The molecule has 1 aliphatic rings. The highest BCUT2D eigenvalue weighted by molar-refractivity contribution is 9.10. The first-order valence-electron chi connectivity index (χ1n) is 8.52.